The third-order valence-corrected chi connectivity index (χ3v) is 8.89. The molecule has 1 aliphatic rings. The molecule has 0 spiro atoms. The fraction of sp³-hybridized carbons (Fsp3) is 0.265. The van der Waals surface area contributed by atoms with Crippen LogP contribution in [0.1, 0.15) is 49.4 Å². The third-order valence-electron chi connectivity index (χ3n) is 7.17. The van der Waals surface area contributed by atoms with Crippen LogP contribution in [0.4, 0.5) is 0 Å². The number of benzene rings is 3. The lowest BCUT2D eigenvalue weighted by Crippen LogP contribution is -2.40. The van der Waals surface area contributed by atoms with Crippen molar-refractivity contribution in [2.24, 2.45) is 4.99 Å². The maximum absolute atomic E-state index is 14.2. The fourth-order valence-corrected chi connectivity index (χ4v) is 6.45. The molecule has 2 heterocycles. The minimum atomic E-state index is -0.838. The highest BCUT2D eigenvalue weighted by Crippen LogP contribution is 2.38. The Morgan fingerprint density at radius 2 is 1.82 bits per heavy atom. The largest absolute Gasteiger partial charge is 0.497 e. The van der Waals surface area contributed by atoms with Gasteiger partial charge in [-0.1, -0.05) is 66.1 Å². The van der Waals surface area contributed by atoms with Crippen LogP contribution < -0.4 is 29.1 Å². The maximum Gasteiger partial charge on any atom is 0.338 e. The predicted octanol–water partition coefficient (Wildman–Crippen LogP) is 6.48. The number of carbonyl (C=O) groups is 1. The van der Waals surface area contributed by atoms with E-state index in [4.69, 9.17) is 47.1 Å². The Kier molecular flexibility index (Phi) is 10.3. The number of esters is 1. The second kappa shape index (κ2) is 14.4. The summed E-state index contributed by atoms with van der Waals surface area (Å²) < 4.78 is 24.7. The van der Waals surface area contributed by atoms with Gasteiger partial charge in [0, 0.05) is 5.56 Å². The molecule has 0 N–H and O–H groups in total. The predicted molar refractivity (Wildman–Crippen MR) is 176 cm³/mol. The molecule has 8 nitrogen and oxygen atoms in total. The first-order valence-electron chi connectivity index (χ1n) is 14.4. The van der Waals surface area contributed by atoms with Gasteiger partial charge in [0.25, 0.3) is 5.56 Å². The number of aromatic nitrogens is 1. The Morgan fingerprint density at radius 3 is 2.53 bits per heavy atom. The normalized spacial score (nSPS) is 14.5. The van der Waals surface area contributed by atoms with Crippen LogP contribution in [0.25, 0.3) is 6.08 Å². The number of ether oxygens (including phenoxy) is 4. The number of carbonyl (C=O) groups excluding carboxylic acids is 1. The van der Waals surface area contributed by atoms with E-state index < -0.39 is 12.0 Å². The Bertz CT molecular complexity index is 1950. The molecule has 45 heavy (non-hydrogen) atoms. The van der Waals surface area contributed by atoms with Crippen molar-refractivity contribution in [3.8, 4) is 17.2 Å². The van der Waals surface area contributed by atoms with Crippen LogP contribution in [0.15, 0.2) is 81.7 Å². The summed E-state index contributed by atoms with van der Waals surface area (Å²) in [6, 6.07) is 17.3. The monoisotopic (exact) mass is 666 g/mol. The second-order valence-corrected chi connectivity index (χ2v) is 12.0. The van der Waals surface area contributed by atoms with Gasteiger partial charge in [-0.3, -0.25) is 9.36 Å². The minimum absolute atomic E-state index is 0.178. The number of hydrogen-bond acceptors (Lipinski definition) is 8. The highest BCUT2D eigenvalue weighted by molar-refractivity contribution is 7.07. The van der Waals surface area contributed by atoms with Crippen LogP contribution in [0.2, 0.25) is 10.0 Å². The quantitative estimate of drug-likeness (QED) is 0.170. The average molecular weight is 668 g/mol. The summed E-state index contributed by atoms with van der Waals surface area (Å²) in [6.07, 6.45) is 3.07. The van der Waals surface area contributed by atoms with E-state index in [0.29, 0.717) is 66.5 Å². The summed E-state index contributed by atoms with van der Waals surface area (Å²) in [5.41, 5.74) is 2.82. The van der Waals surface area contributed by atoms with Gasteiger partial charge in [0.1, 0.15) is 29.9 Å². The van der Waals surface area contributed by atoms with Crippen molar-refractivity contribution in [2.75, 3.05) is 20.8 Å². The Morgan fingerprint density at radius 1 is 1.00 bits per heavy atom. The zero-order valence-electron chi connectivity index (χ0n) is 25.3. The zero-order chi connectivity index (χ0) is 32.1. The highest BCUT2D eigenvalue weighted by atomic mass is 35.5. The molecule has 0 unspecified atom stereocenters. The molecule has 3 aromatic carbocycles. The SMILES string of the molecule is CCCC1=C(C(=O)OCC)[C@@H](c2cc(OC)ccc2OC)n2c(s/c(=C/c3cccc(OCc4ccc(Cl)c(Cl)c4)c3)c2=O)=N1. The zero-order valence-corrected chi connectivity index (χ0v) is 27.6. The van der Waals surface area contributed by atoms with E-state index >= 15 is 0 Å². The summed E-state index contributed by atoms with van der Waals surface area (Å²) in [4.78, 5) is 33.0. The van der Waals surface area contributed by atoms with Crippen LogP contribution in [0.5, 0.6) is 17.2 Å². The van der Waals surface area contributed by atoms with E-state index in [1.807, 2.05) is 37.3 Å². The van der Waals surface area contributed by atoms with E-state index in [0.717, 1.165) is 17.5 Å². The minimum Gasteiger partial charge on any atom is -0.497 e. The van der Waals surface area contributed by atoms with E-state index in [1.54, 1.807) is 62.1 Å². The number of hydrogen-bond donors (Lipinski definition) is 0. The topological polar surface area (TPSA) is 88.4 Å². The first-order valence-corrected chi connectivity index (χ1v) is 16.0. The number of fused-ring (bicyclic) bond motifs is 1. The number of halogens is 2. The molecular formula is C34H32Cl2N2O6S. The molecule has 5 rings (SSSR count). The van der Waals surface area contributed by atoms with E-state index in [-0.39, 0.29) is 12.2 Å². The second-order valence-electron chi connectivity index (χ2n) is 10.1. The van der Waals surface area contributed by atoms with Gasteiger partial charge in [0.05, 0.1) is 46.7 Å². The maximum atomic E-state index is 14.2. The summed E-state index contributed by atoms with van der Waals surface area (Å²) in [6.45, 7) is 4.23. The molecule has 1 aromatic heterocycles. The first kappa shape index (κ1) is 32.3. The van der Waals surface area contributed by atoms with Gasteiger partial charge in [-0.05, 0) is 73.0 Å². The van der Waals surface area contributed by atoms with Crippen LogP contribution in [0, 0.1) is 0 Å². The first-order chi connectivity index (χ1) is 21.8. The lowest BCUT2D eigenvalue weighted by atomic mass is 9.93. The summed E-state index contributed by atoms with van der Waals surface area (Å²) in [5, 5.41) is 0.937. The molecule has 0 saturated carbocycles. The van der Waals surface area contributed by atoms with Gasteiger partial charge in [0.2, 0.25) is 0 Å². The van der Waals surface area contributed by atoms with Crippen molar-refractivity contribution in [1.29, 1.82) is 0 Å². The Balaban J connectivity index is 1.62. The van der Waals surface area contributed by atoms with Crippen molar-refractivity contribution in [3.63, 3.8) is 0 Å². The lowest BCUT2D eigenvalue weighted by molar-refractivity contribution is -0.139. The smallest absolute Gasteiger partial charge is 0.338 e. The molecule has 234 valence electrons. The van der Waals surface area contributed by atoms with Gasteiger partial charge in [-0.25, -0.2) is 9.79 Å². The molecule has 0 radical (unpaired) electrons. The standard InChI is InChI=1S/C34H32Cl2N2O6S/c1-5-8-27-30(33(40)43-6-2)31(24-18-22(41-3)12-14-28(24)42-4)38-32(39)29(45-34(38)37-27)17-20-9-7-10-23(15-20)44-19-21-11-13-25(35)26(36)16-21/h7,9-18,31H,5-6,8,19H2,1-4H3/b29-17+/t31-/m1/s1. The van der Waals surface area contributed by atoms with Gasteiger partial charge in [-0.2, -0.15) is 0 Å². The summed E-state index contributed by atoms with van der Waals surface area (Å²) in [7, 11) is 3.11. The van der Waals surface area contributed by atoms with Crippen LogP contribution in [-0.2, 0) is 16.1 Å². The highest BCUT2D eigenvalue weighted by Gasteiger charge is 2.36. The van der Waals surface area contributed by atoms with Crippen LogP contribution >= 0.6 is 34.5 Å². The summed E-state index contributed by atoms with van der Waals surface area (Å²) >= 11 is 13.4. The molecule has 0 amide bonds. The molecule has 4 aromatic rings. The van der Waals surface area contributed by atoms with E-state index in [1.165, 1.54) is 11.3 Å². The van der Waals surface area contributed by atoms with Crippen molar-refractivity contribution < 1.29 is 23.7 Å². The number of nitrogens with zero attached hydrogens (tertiary/aromatic N) is 2. The molecule has 0 bridgehead atoms. The molecule has 0 aliphatic carbocycles. The summed E-state index contributed by atoms with van der Waals surface area (Å²) in [5.74, 6) is 1.15. The van der Waals surface area contributed by atoms with Gasteiger partial charge in [0.15, 0.2) is 4.80 Å². The lowest BCUT2D eigenvalue weighted by Gasteiger charge is -2.27. The molecular weight excluding hydrogens is 635 g/mol. The van der Waals surface area contributed by atoms with E-state index in [9.17, 15) is 9.59 Å². The number of methoxy groups -OCH3 is 2. The van der Waals surface area contributed by atoms with Crippen LogP contribution in [0.3, 0.4) is 0 Å². The van der Waals surface area contributed by atoms with Crippen molar-refractivity contribution in [1.82, 2.24) is 4.57 Å². The number of rotatable bonds is 11. The van der Waals surface area contributed by atoms with Crippen molar-refractivity contribution >= 4 is 46.6 Å². The van der Waals surface area contributed by atoms with E-state index in [2.05, 4.69) is 0 Å². The number of allylic oxidation sites excluding steroid dienone is 1. The molecule has 0 saturated heterocycles. The molecule has 1 aliphatic heterocycles. The fourth-order valence-electron chi connectivity index (χ4n) is 5.11. The molecule has 0 fully saturated rings. The Labute approximate surface area is 274 Å². The van der Waals surface area contributed by atoms with Crippen molar-refractivity contribution in [3.05, 3.63) is 118 Å². The molecule has 11 heteroatoms. The Hall–Kier alpha value is -4.05. The molecule has 1 atom stereocenters. The van der Waals surface area contributed by atoms with Crippen molar-refractivity contribution in [2.45, 2.75) is 39.3 Å². The van der Waals surface area contributed by atoms with Gasteiger partial charge < -0.3 is 18.9 Å². The van der Waals surface area contributed by atoms with Gasteiger partial charge >= 0.3 is 5.97 Å². The van der Waals surface area contributed by atoms with Gasteiger partial charge in [-0.15, -0.1) is 0 Å². The number of thiazole rings is 1. The third kappa shape index (κ3) is 6.96. The van der Waals surface area contributed by atoms with Crippen LogP contribution in [-0.4, -0.2) is 31.4 Å². The average Bonchev–Trinajstić information content (AvgIpc) is 3.34.